The van der Waals surface area contributed by atoms with Crippen LogP contribution < -0.4 is 0 Å². The van der Waals surface area contributed by atoms with Crippen molar-refractivity contribution in [2.24, 2.45) is 11.8 Å². The first-order valence-corrected chi connectivity index (χ1v) is 11.0. The molecule has 2 rings (SSSR count). The molecule has 0 bridgehead atoms. The zero-order chi connectivity index (χ0) is 18.6. The maximum absolute atomic E-state index is 10.9. The molecule has 1 aliphatic rings. The Morgan fingerprint density at radius 3 is 1.96 bits per heavy atom. The van der Waals surface area contributed by atoms with Crippen LogP contribution in [0.3, 0.4) is 0 Å². The fraction of sp³-hybridized carbons (Fsp3) is 0.708. The second kappa shape index (κ2) is 12.1. The van der Waals surface area contributed by atoms with Gasteiger partial charge in [0.2, 0.25) is 0 Å². The third-order valence-electron chi connectivity index (χ3n) is 6.22. The minimum atomic E-state index is -0.837. The highest BCUT2D eigenvalue weighted by molar-refractivity contribution is 5.87. The van der Waals surface area contributed by atoms with E-state index in [1.165, 1.54) is 89.0 Å². The molecule has 26 heavy (non-hydrogen) atoms. The molecular weight excluding hydrogens is 320 g/mol. The first kappa shape index (κ1) is 21.0. The number of hydrogen-bond donors (Lipinski definition) is 1. The molecule has 2 heteroatoms. The number of benzene rings is 1. The van der Waals surface area contributed by atoms with E-state index in [1.807, 2.05) is 12.1 Å². The molecule has 0 unspecified atom stereocenters. The highest BCUT2D eigenvalue weighted by atomic mass is 16.4. The Morgan fingerprint density at radius 1 is 0.846 bits per heavy atom. The van der Waals surface area contributed by atoms with Crippen molar-refractivity contribution in [3.05, 3.63) is 35.4 Å². The van der Waals surface area contributed by atoms with Gasteiger partial charge in [-0.15, -0.1) is 0 Å². The molecule has 1 aliphatic carbocycles. The monoisotopic (exact) mass is 358 g/mol. The fourth-order valence-corrected chi connectivity index (χ4v) is 4.38. The third-order valence-corrected chi connectivity index (χ3v) is 6.22. The third kappa shape index (κ3) is 7.93. The molecule has 1 N–H and O–H groups in total. The topological polar surface area (TPSA) is 37.3 Å². The summed E-state index contributed by atoms with van der Waals surface area (Å²) in [5, 5.41) is 8.96. The largest absolute Gasteiger partial charge is 0.478 e. The normalized spacial score (nSPS) is 20.2. The van der Waals surface area contributed by atoms with Gasteiger partial charge in [0, 0.05) is 0 Å². The quantitative estimate of drug-likeness (QED) is 0.399. The predicted molar refractivity (Wildman–Crippen MR) is 110 cm³/mol. The van der Waals surface area contributed by atoms with Gasteiger partial charge < -0.3 is 5.11 Å². The van der Waals surface area contributed by atoms with Crippen molar-refractivity contribution in [2.75, 3.05) is 0 Å². The van der Waals surface area contributed by atoms with E-state index >= 15 is 0 Å². The second-order valence-corrected chi connectivity index (χ2v) is 8.34. The highest BCUT2D eigenvalue weighted by Crippen LogP contribution is 2.34. The molecule has 1 aromatic carbocycles. The average Bonchev–Trinajstić information content (AvgIpc) is 2.67. The molecule has 0 aliphatic heterocycles. The summed E-state index contributed by atoms with van der Waals surface area (Å²) in [7, 11) is 0. The van der Waals surface area contributed by atoms with Crippen LogP contribution in [0.25, 0.3) is 0 Å². The van der Waals surface area contributed by atoms with E-state index in [-0.39, 0.29) is 0 Å². The van der Waals surface area contributed by atoms with Gasteiger partial charge in [-0.2, -0.15) is 0 Å². The SMILES string of the molecule is CCCCCCCCCC1CCC(CCc2ccc(C(=O)O)cc2)CC1. The Balaban J connectivity index is 1.53. The van der Waals surface area contributed by atoms with Crippen LogP contribution in [0, 0.1) is 11.8 Å². The lowest BCUT2D eigenvalue weighted by molar-refractivity contribution is 0.0697. The zero-order valence-electron chi connectivity index (χ0n) is 16.7. The summed E-state index contributed by atoms with van der Waals surface area (Å²) in [4.78, 5) is 10.9. The van der Waals surface area contributed by atoms with Crippen LogP contribution in [-0.4, -0.2) is 11.1 Å². The lowest BCUT2D eigenvalue weighted by Crippen LogP contribution is -2.15. The number of unbranched alkanes of at least 4 members (excludes halogenated alkanes) is 6. The Hall–Kier alpha value is -1.31. The standard InChI is InChI=1S/C24H38O2/c1-2-3-4-5-6-7-8-9-20-10-12-21(13-11-20)14-15-22-16-18-23(19-17-22)24(25)26/h16-21H,2-15H2,1H3,(H,25,26). The van der Waals surface area contributed by atoms with Gasteiger partial charge in [0.05, 0.1) is 5.56 Å². The van der Waals surface area contributed by atoms with Crippen LogP contribution in [0.5, 0.6) is 0 Å². The molecule has 146 valence electrons. The number of rotatable bonds is 12. The minimum Gasteiger partial charge on any atom is -0.478 e. The van der Waals surface area contributed by atoms with Crippen LogP contribution in [0.15, 0.2) is 24.3 Å². The van der Waals surface area contributed by atoms with E-state index < -0.39 is 5.97 Å². The van der Waals surface area contributed by atoms with Gasteiger partial charge in [-0.1, -0.05) is 96.1 Å². The summed E-state index contributed by atoms with van der Waals surface area (Å²) in [5.74, 6) is 1.02. The van der Waals surface area contributed by atoms with Crippen molar-refractivity contribution in [1.82, 2.24) is 0 Å². The number of carbonyl (C=O) groups is 1. The summed E-state index contributed by atoms with van der Waals surface area (Å²) in [6.45, 7) is 2.28. The first-order valence-electron chi connectivity index (χ1n) is 11.0. The molecule has 1 fully saturated rings. The summed E-state index contributed by atoms with van der Waals surface area (Å²) in [6, 6.07) is 7.43. The maximum atomic E-state index is 10.9. The van der Waals surface area contributed by atoms with Gasteiger partial charge in [-0.25, -0.2) is 4.79 Å². The van der Waals surface area contributed by atoms with Crippen LogP contribution in [0.1, 0.15) is 106 Å². The number of aryl methyl sites for hydroxylation is 1. The van der Waals surface area contributed by atoms with Crippen LogP contribution in [0.2, 0.25) is 0 Å². The van der Waals surface area contributed by atoms with E-state index in [0.717, 1.165) is 18.3 Å². The molecular formula is C24H38O2. The minimum absolute atomic E-state index is 0.389. The van der Waals surface area contributed by atoms with Gasteiger partial charge in [-0.05, 0) is 42.4 Å². The average molecular weight is 359 g/mol. The second-order valence-electron chi connectivity index (χ2n) is 8.34. The van der Waals surface area contributed by atoms with E-state index in [2.05, 4.69) is 6.92 Å². The summed E-state index contributed by atoms with van der Waals surface area (Å²) >= 11 is 0. The summed E-state index contributed by atoms with van der Waals surface area (Å²) in [6.07, 6.45) is 19.4. The van der Waals surface area contributed by atoms with Crippen molar-refractivity contribution in [3.8, 4) is 0 Å². The van der Waals surface area contributed by atoms with Crippen molar-refractivity contribution >= 4 is 5.97 Å². The van der Waals surface area contributed by atoms with Crippen molar-refractivity contribution in [3.63, 3.8) is 0 Å². The predicted octanol–water partition coefficient (Wildman–Crippen LogP) is 7.26. The summed E-state index contributed by atoms with van der Waals surface area (Å²) in [5.41, 5.74) is 1.67. The lowest BCUT2D eigenvalue weighted by Gasteiger charge is -2.28. The van der Waals surface area contributed by atoms with E-state index in [1.54, 1.807) is 12.1 Å². The Labute approximate surface area is 160 Å². The molecule has 0 heterocycles. The van der Waals surface area contributed by atoms with Gasteiger partial charge >= 0.3 is 5.97 Å². The maximum Gasteiger partial charge on any atom is 0.335 e. The van der Waals surface area contributed by atoms with Gasteiger partial charge in [0.15, 0.2) is 0 Å². The Morgan fingerprint density at radius 2 is 1.38 bits per heavy atom. The molecule has 0 aromatic heterocycles. The van der Waals surface area contributed by atoms with Crippen LogP contribution >= 0.6 is 0 Å². The first-order chi connectivity index (χ1) is 12.7. The summed E-state index contributed by atoms with van der Waals surface area (Å²) < 4.78 is 0. The van der Waals surface area contributed by atoms with Crippen LogP contribution in [-0.2, 0) is 6.42 Å². The molecule has 1 saturated carbocycles. The molecule has 0 atom stereocenters. The van der Waals surface area contributed by atoms with Crippen molar-refractivity contribution in [1.29, 1.82) is 0 Å². The fourth-order valence-electron chi connectivity index (χ4n) is 4.38. The molecule has 0 spiro atoms. The molecule has 2 nitrogen and oxygen atoms in total. The van der Waals surface area contributed by atoms with Gasteiger partial charge in [0.1, 0.15) is 0 Å². The lowest BCUT2D eigenvalue weighted by atomic mass is 9.77. The van der Waals surface area contributed by atoms with E-state index in [0.29, 0.717) is 5.56 Å². The Kier molecular flexibility index (Phi) is 9.81. The van der Waals surface area contributed by atoms with Gasteiger partial charge in [0.25, 0.3) is 0 Å². The number of carboxylic acids is 1. The number of hydrogen-bond acceptors (Lipinski definition) is 1. The smallest absolute Gasteiger partial charge is 0.335 e. The zero-order valence-corrected chi connectivity index (χ0v) is 16.7. The molecule has 0 saturated heterocycles. The number of carboxylic acid groups (broad SMARTS) is 1. The van der Waals surface area contributed by atoms with Crippen molar-refractivity contribution in [2.45, 2.75) is 96.8 Å². The van der Waals surface area contributed by atoms with E-state index in [9.17, 15) is 4.79 Å². The number of aromatic carboxylic acids is 1. The molecule has 0 amide bonds. The molecule has 0 radical (unpaired) electrons. The highest BCUT2D eigenvalue weighted by Gasteiger charge is 2.20. The molecule has 1 aromatic rings. The van der Waals surface area contributed by atoms with Crippen LogP contribution in [0.4, 0.5) is 0 Å². The van der Waals surface area contributed by atoms with Gasteiger partial charge in [-0.3, -0.25) is 0 Å². The van der Waals surface area contributed by atoms with Crippen molar-refractivity contribution < 1.29 is 9.90 Å². The Bertz CT molecular complexity index is 497. The van der Waals surface area contributed by atoms with E-state index in [4.69, 9.17) is 5.11 Å².